The van der Waals surface area contributed by atoms with E-state index in [0.717, 1.165) is 11.8 Å². The third-order valence-corrected chi connectivity index (χ3v) is 5.02. The molecule has 0 bridgehead atoms. The molecule has 0 saturated heterocycles. The molecule has 0 unspecified atom stereocenters. The Kier molecular flexibility index (Phi) is 11.2. The lowest BCUT2D eigenvalue weighted by atomic mass is 9.95. The molecule has 0 aromatic heterocycles. The standard InChI is InChI=1S/C22H38/c1-4-20(2)15-11-8-6-5-7-9-12-16-21(3)19-22-17-13-10-14-18-22/h10,13-14,17-18,20-21H,4-9,11-12,15-16,19H2,1-3H3/t20-,21-/m0/s1. The summed E-state index contributed by atoms with van der Waals surface area (Å²) < 4.78 is 0. The van der Waals surface area contributed by atoms with Gasteiger partial charge in [-0.3, -0.25) is 0 Å². The van der Waals surface area contributed by atoms with Crippen LogP contribution in [-0.4, -0.2) is 0 Å². The topological polar surface area (TPSA) is 0 Å². The van der Waals surface area contributed by atoms with E-state index >= 15 is 0 Å². The Balaban J connectivity index is 1.89. The van der Waals surface area contributed by atoms with Gasteiger partial charge in [0.25, 0.3) is 0 Å². The van der Waals surface area contributed by atoms with Crippen LogP contribution in [0.25, 0.3) is 0 Å². The van der Waals surface area contributed by atoms with Gasteiger partial charge in [-0.1, -0.05) is 115 Å². The van der Waals surface area contributed by atoms with Crippen LogP contribution in [0.15, 0.2) is 30.3 Å². The lowest BCUT2D eigenvalue weighted by Crippen LogP contribution is -1.99. The predicted molar refractivity (Wildman–Crippen MR) is 100 cm³/mol. The van der Waals surface area contributed by atoms with Crippen molar-refractivity contribution >= 4 is 0 Å². The number of benzene rings is 1. The predicted octanol–water partition coefficient (Wildman–Crippen LogP) is 7.42. The molecule has 0 heteroatoms. The average molecular weight is 303 g/mol. The molecule has 126 valence electrons. The molecule has 0 saturated carbocycles. The van der Waals surface area contributed by atoms with Gasteiger partial charge in [-0.2, -0.15) is 0 Å². The smallest absolute Gasteiger partial charge is 0.0253 e. The van der Waals surface area contributed by atoms with Gasteiger partial charge in [0.1, 0.15) is 0 Å². The second-order valence-corrected chi connectivity index (χ2v) is 7.36. The highest BCUT2D eigenvalue weighted by Gasteiger charge is 2.03. The zero-order valence-corrected chi connectivity index (χ0v) is 15.3. The highest BCUT2D eigenvalue weighted by Crippen LogP contribution is 2.17. The molecule has 1 aromatic carbocycles. The van der Waals surface area contributed by atoms with Crippen LogP contribution in [0.2, 0.25) is 0 Å². The second kappa shape index (κ2) is 12.7. The van der Waals surface area contributed by atoms with Crippen molar-refractivity contribution in [3.8, 4) is 0 Å². The first-order chi connectivity index (χ1) is 10.7. The van der Waals surface area contributed by atoms with Crippen molar-refractivity contribution < 1.29 is 0 Å². The number of unbranched alkanes of at least 4 members (excludes halogenated alkanes) is 6. The van der Waals surface area contributed by atoms with E-state index in [9.17, 15) is 0 Å². The third kappa shape index (κ3) is 10.0. The maximum atomic E-state index is 2.40. The van der Waals surface area contributed by atoms with Gasteiger partial charge in [0.05, 0.1) is 0 Å². The first-order valence-corrected chi connectivity index (χ1v) is 9.76. The van der Waals surface area contributed by atoms with Gasteiger partial charge in [0.15, 0.2) is 0 Å². The van der Waals surface area contributed by atoms with Gasteiger partial charge in [-0.25, -0.2) is 0 Å². The van der Waals surface area contributed by atoms with Crippen LogP contribution in [0, 0.1) is 11.8 Å². The summed E-state index contributed by atoms with van der Waals surface area (Å²) in [7, 11) is 0. The van der Waals surface area contributed by atoms with Crippen molar-refractivity contribution in [2.75, 3.05) is 0 Å². The molecule has 0 radical (unpaired) electrons. The van der Waals surface area contributed by atoms with Crippen LogP contribution in [0.5, 0.6) is 0 Å². The summed E-state index contributed by atoms with van der Waals surface area (Å²) in [5.74, 6) is 1.77. The quantitative estimate of drug-likeness (QED) is 0.332. The molecule has 1 aromatic rings. The molecular weight excluding hydrogens is 264 g/mol. The molecule has 0 spiro atoms. The SMILES string of the molecule is CC[C@H](C)CCCCCCCCC[C@H](C)Cc1ccccc1. The first-order valence-electron chi connectivity index (χ1n) is 9.76. The fraction of sp³-hybridized carbons (Fsp3) is 0.727. The molecule has 22 heavy (non-hydrogen) atoms. The second-order valence-electron chi connectivity index (χ2n) is 7.36. The summed E-state index contributed by atoms with van der Waals surface area (Å²) in [6, 6.07) is 10.9. The van der Waals surface area contributed by atoms with Crippen LogP contribution >= 0.6 is 0 Å². The molecule has 0 amide bonds. The molecule has 0 nitrogen and oxygen atoms in total. The van der Waals surface area contributed by atoms with E-state index in [0.29, 0.717) is 0 Å². The Morgan fingerprint density at radius 2 is 1.18 bits per heavy atom. The molecule has 0 fully saturated rings. The molecule has 2 atom stereocenters. The van der Waals surface area contributed by atoms with Crippen LogP contribution in [-0.2, 0) is 6.42 Å². The molecule has 0 aliphatic carbocycles. The van der Waals surface area contributed by atoms with Crippen molar-refractivity contribution in [1.29, 1.82) is 0 Å². The maximum Gasteiger partial charge on any atom is -0.0253 e. The monoisotopic (exact) mass is 302 g/mol. The van der Waals surface area contributed by atoms with E-state index in [-0.39, 0.29) is 0 Å². The summed E-state index contributed by atoms with van der Waals surface area (Å²) in [6.45, 7) is 7.10. The minimum absolute atomic E-state index is 0.831. The minimum atomic E-state index is 0.831. The van der Waals surface area contributed by atoms with Gasteiger partial charge in [0.2, 0.25) is 0 Å². The van der Waals surface area contributed by atoms with Crippen molar-refractivity contribution in [2.24, 2.45) is 11.8 Å². The zero-order chi connectivity index (χ0) is 16.0. The van der Waals surface area contributed by atoms with E-state index in [2.05, 4.69) is 51.1 Å². The van der Waals surface area contributed by atoms with E-state index in [1.54, 1.807) is 0 Å². The Hall–Kier alpha value is -0.780. The van der Waals surface area contributed by atoms with Crippen molar-refractivity contribution in [3.05, 3.63) is 35.9 Å². The van der Waals surface area contributed by atoms with Crippen LogP contribution in [0.4, 0.5) is 0 Å². The summed E-state index contributed by atoms with van der Waals surface area (Å²) in [6.07, 6.45) is 15.5. The minimum Gasteiger partial charge on any atom is -0.0651 e. The van der Waals surface area contributed by atoms with Crippen molar-refractivity contribution in [1.82, 2.24) is 0 Å². The highest BCUT2D eigenvalue weighted by molar-refractivity contribution is 5.14. The number of hydrogen-bond acceptors (Lipinski definition) is 0. The third-order valence-electron chi connectivity index (χ3n) is 5.02. The van der Waals surface area contributed by atoms with Crippen molar-refractivity contribution in [2.45, 2.75) is 91.4 Å². The number of hydrogen-bond donors (Lipinski definition) is 0. The van der Waals surface area contributed by atoms with Crippen molar-refractivity contribution in [3.63, 3.8) is 0 Å². The van der Waals surface area contributed by atoms with Gasteiger partial charge < -0.3 is 0 Å². The largest absolute Gasteiger partial charge is 0.0651 e. The summed E-state index contributed by atoms with van der Waals surface area (Å²) in [5.41, 5.74) is 1.50. The molecule has 0 N–H and O–H groups in total. The Bertz CT molecular complexity index is 340. The average Bonchev–Trinajstić information content (AvgIpc) is 2.54. The molecular formula is C22H38. The van der Waals surface area contributed by atoms with Gasteiger partial charge in [-0.05, 0) is 23.8 Å². The van der Waals surface area contributed by atoms with Gasteiger partial charge >= 0.3 is 0 Å². The zero-order valence-electron chi connectivity index (χ0n) is 15.3. The summed E-state index contributed by atoms with van der Waals surface area (Å²) >= 11 is 0. The molecule has 1 rings (SSSR count). The normalized spacial score (nSPS) is 14.0. The van der Waals surface area contributed by atoms with E-state index in [1.807, 2.05) is 0 Å². The highest BCUT2D eigenvalue weighted by atomic mass is 14.1. The molecule has 0 aliphatic heterocycles. The van der Waals surface area contributed by atoms with Gasteiger partial charge in [-0.15, -0.1) is 0 Å². The lowest BCUT2D eigenvalue weighted by Gasteiger charge is -2.11. The Morgan fingerprint density at radius 1 is 0.682 bits per heavy atom. The Labute approximate surface area is 139 Å². The van der Waals surface area contributed by atoms with E-state index < -0.39 is 0 Å². The molecule has 0 heterocycles. The lowest BCUT2D eigenvalue weighted by molar-refractivity contribution is 0.460. The first kappa shape index (κ1) is 19.3. The van der Waals surface area contributed by atoms with E-state index in [1.165, 1.54) is 76.2 Å². The van der Waals surface area contributed by atoms with Crippen LogP contribution < -0.4 is 0 Å². The van der Waals surface area contributed by atoms with Gasteiger partial charge in [0, 0.05) is 0 Å². The fourth-order valence-corrected chi connectivity index (χ4v) is 3.19. The van der Waals surface area contributed by atoms with Crippen LogP contribution in [0.3, 0.4) is 0 Å². The van der Waals surface area contributed by atoms with E-state index in [4.69, 9.17) is 0 Å². The Morgan fingerprint density at radius 3 is 1.73 bits per heavy atom. The number of rotatable bonds is 13. The summed E-state index contributed by atoms with van der Waals surface area (Å²) in [4.78, 5) is 0. The molecule has 0 aliphatic rings. The maximum absolute atomic E-state index is 2.40. The summed E-state index contributed by atoms with van der Waals surface area (Å²) in [5, 5.41) is 0. The fourth-order valence-electron chi connectivity index (χ4n) is 3.19. The van der Waals surface area contributed by atoms with Crippen LogP contribution in [0.1, 0.15) is 90.5 Å².